The largest absolute Gasteiger partial charge is 0.362 e. The van der Waals surface area contributed by atoms with E-state index >= 15 is 0 Å². The van der Waals surface area contributed by atoms with Gasteiger partial charge in [-0.2, -0.15) is 0 Å². The molecular weight excluding hydrogens is 178 g/mol. The van der Waals surface area contributed by atoms with Crippen molar-refractivity contribution in [3.63, 3.8) is 0 Å². The summed E-state index contributed by atoms with van der Waals surface area (Å²) in [6.45, 7) is 0.323. The summed E-state index contributed by atoms with van der Waals surface area (Å²) in [6, 6.07) is 5.54. The topological polar surface area (TPSA) is 54.9 Å². The first-order valence-electron chi connectivity index (χ1n) is 4.37. The van der Waals surface area contributed by atoms with Gasteiger partial charge in [0.25, 0.3) is 0 Å². The van der Waals surface area contributed by atoms with Crippen molar-refractivity contribution in [2.24, 2.45) is 0 Å². The minimum absolute atomic E-state index is 0.0953. The van der Waals surface area contributed by atoms with Crippen molar-refractivity contribution in [3.05, 3.63) is 30.1 Å². The molecule has 0 radical (unpaired) electrons. The third-order valence-electron chi connectivity index (χ3n) is 2.38. The van der Waals surface area contributed by atoms with Gasteiger partial charge in [0.15, 0.2) is 5.78 Å². The van der Waals surface area contributed by atoms with Gasteiger partial charge in [0, 0.05) is 5.56 Å². The maximum atomic E-state index is 11.6. The van der Waals surface area contributed by atoms with Crippen LogP contribution in [0.3, 0.4) is 0 Å². The fraction of sp³-hybridized carbons (Fsp3) is 0.100. The molecule has 0 saturated carbocycles. The lowest BCUT2D eigenvalue weighted by atomic mass is 10.0. The fourth-order valence-electron chi connectivity index (χ4n) is 1.74. The van der Waals surface area contributed by atoms with E-state index in [0.29, 0.717) is 6.54 Å². The molecule has 2 heterocycles. The molecule has 0 aliphatic carbocycles. The average molecular weight is 185 g/mol. The van der Waals surface area contributed by atoms with Crippen LogP contribution in [0.1, 0.15) is 10.4 Å². The van der Waals surface area contributed by atoms with Crippen LogP contribution < -0.4 is 5.32 Å². The molecule has 3 rings (SSSR count). The van der Waals surface area contributed by atoms with Crippen LogP contribution in [0.4, 0.5) is 5.82 Å². The molecule has 2 aromatic rings. The van der Waals surface area contributed by atoms with Gasteiger partial charge in [0.05, 0.1) is 17.4 Å². The molecule has 0 bridgehead atoms. The third-order valence-corrected chi connectivity index (χ3v) is 2.38. The highest BCUT2D eigenvalue weighted by Gasteiger charge is 2.19. The number of Topliss-reactive ketones (excluding diaryl/α,β-unsaturated/α-hetero) is 1. The van der Waals surface area contributed by atoms with Crippen molar-refractivity contribution in [3.8, 4) is 0 Å². The number of carbonyl (C=O) groups excluding carboxylic acids is 1. The van der Waals surface area contributed by atoms with E-state index in [2.05, 4.69) is 15.3 Å². The Morgan fingerprint density at radius 2 is 2.21 bits per heavy atom. The molecule has 0 spiro atoms. The Bertz CT molecular complexity index is 531. The summed E-state index contributed by atoms with van der Waals surface area (Å²) in [5.41, 5.74) is 1.53. The minimum atomic E-state index is 0.0953. The number of benzene rings is 1. The van der Waals surface area contributed by atoms with Crippen molar-refractivity contribution in [1.82, 2.24) is 9.97 Å². The molecule has 4 heteroatoms. The van der Waals surface area contributed by atoms with Crippen LogP contribution in [-0.2, 0) is 0 Å². The van der Waals surface area contributed by atoms with E-state index in [4.69, 9.17) is 0 Å². The third kappa shape index (κ3) is 0.849. The molecule has 1 aliphatic heterocycles. The number of anilines is 1. The van der Waals surface area contributed by atoms with Crippen LogP contribution in [0.2, 0.25) is 0 Å². The summed E-state index contributed by atoms with van der Waals surface area (Å²) >= 11 is 0. The molecule has 0 unspecified atom stereocenters. The van der Waals surface area contributed by atoms with Crippen LogP contribution >= 0.6 is 0 Å². The number of ketones is 1. The number of nitrogens with zero attached hydrogens (tertiary/aromatic N) is 2. The molecule has 0 fully saturated rings. The van der Waals surface area contributed by atoms with Gasteiger partial charge >= 0.3 is 0 Å². The highest BCUT2D eigenvalue weighted by atomic mass is 16.1. The fourth-order valence-corrected chi connectivity index (χ4v) is 1.74. The number of carbonyl (C=O) groups is 1. The van der Waals surface area contributed by atoms with Gasteiger partial charge in [-0.3, -0.25) is 4.79 Å². The Hall–Kier alpha value is -1.97. The van der Waals surface area contributed by atoms with Gasteiger partial charge in [-0.05, 0) is 6.07 Å². The molecule has 14 heavy (non-hydrogen) atoms. The second-order valence-corrected chi connectivity index (χ2v) is 3.20. The number of nitrogens with one attached hydrogen (secondary N) is 1. The van der Waals surface area contributed by atoms with Crippen molar-refractivity contribution in [1.29, 1.82) is 0 Å². The number of aromatic nitrogens is 2. The number of rotatable bonds is 0. The predicted octanol–water partition coefficient (Wildman–Crippen LogP) is 1.24. The van der Waals surface area contributed by atoms with Gasteiger partial charge in [0.1, 0.15) is 12.1 Å². The Labute approximate surface area is 80.0 Å². The van der Waals surface area contributed by atoms with Crippen LogP contribution in [0, 0.1) is 0 Å². The van der Waals surface area contributed by atoms with E-state index in [-0.39, 0.29) is 5.78 Å². The highest BCUT2D eigenvalue weighted by Crippen LogP contribution is 2.26. The van der Waals surface area contributed by atoms with E-state index in [9.17, 15) is 4.79 Å². The molecule has 1 aliphatic rings. The Morgan fingerprint density at radius 3 is 3.14 bits per heavy atom. The van der Waals surface area contributed by atoms with E-state index in [0.717, 1.165) is 22.3 Å². The molecule has 1 aromatic heterocycles. The summed E-state index contributed by atoms with van der Waals surface area (Å²) in [4.78, 5) is 19.8. The Kier molecular flexibility index (Phi) is 1.33. The minimum Gasteiger partial charge on any atom is -0.362 e. The van der Waals surface area contributed by atoms with Crippen LogP contribution in [-0.4, -0.2) is 22.3 Å². The first-order valence-corrected chi connectivity index (χ1v) is 4.37. The number of hydrogen-bond acceptors (Lipinski definition) is 4. The zero-order valence-electron chi connectivity index (χ0n) is 7.32. The lowest BCUT2D eigenvalue weighted by molar-refractivity contribution is 0.101. The second kappa shape index (κ2) is 2.51. The van der Waals surface area contributed by atoms with E-state index in [1.807, 2.05) is 18.2 Å². The highest BCUT2D eigenvalue weighted by molar-refractivity contribution is 6.14. The monoisotopic (exact) mass is 185 g/mol. The second-order valence-electron chi connectivity index (χ2n) is 3.20. The first kappa shape index (κ1) is 7.44. The zero-order valence-corrected chi connectivity index (χ0v) is 7.32. The van der Waals surface area contributed by atoms with Gasteiger partial charge < -0.3 is 5.32 Å². The molecule has 0 atom stereocenters. The standard InChI is InChI=1S/C10H7N3O/c14-8-4-11-10-9-6(8)2-1-3-7(9)12-5-13-10/h1-3,5H,4H2,(H,11,12,13). The lowest BCUT2D eigenvalue weighted by Gasteiger charge is -2.15. The summed E-state index contributed by atoms with van der Waals surface area (Å²) in [6.07, 6.45) is 1.50. The molecule has 4 nitrogen and oxygen atoms in total. The normalized spacial score (nSPS) is 14.1. The zero-order chi connectivity index (χ0) is 9.54. The van der Waals surface area contributed by atoms with Crippen molar-refractivity contribution in [2.45, 2.75) is 0 Å². The van der Waals surface area contributed by atoms with Gasteiger partial charge in [-0.15, -0.1) is 0 Å². The van der Waals surface area contributed by atoms with Crippen LogP contribution in [0.15, 0.2) is 24.5 Å². The van der Waals surface area contributed by atoms with E-state index < -0.39 is 0 Å². The maximum Gasteiger partial charge on any atom is 0.182 e. The first-order chi connectivity index (χ1) is 6.86. The molecule has 0 saturated heterocycles. The van der Waals surface area contributed by atoms with Crippen molar-refractivity contribution in [2.75, 3.05) is 11.9 Å². The summed E-state index contributed by atoms with van der Waals surface area (Å²) < 4.78 is 0. The Balaban J connectivity index is 2.52. The predicted molar refractivity (Wildman–Crippen MR) is 52.4 cm³/mol. The molecule has 0 amide bonds. The van der Waals surface area contributed by atoms with Gasteiger partial charge in [-0.1, -0.05) is 12.1 Å². The smallest absolute Gasteiger partial charge is 0.182 e. The van der Waals surface area contributed by atoms with E-state index in [1.54, 1.807) is 0 Å². The van der Waals surface area contributed by atoms with Crippen molar-refractivity contribution >= 4 is 22.5 Å². The summed E-state index contributed by atoms with van der Waals surface area (Å²) in [5.74, 6) is 0.850. The lowest BCUT2D eigenvalue weighted by Crippen LogP contribution is -2.20. The Morgan fingerprint density at radius 1 is 1.29 bits per heavy atom. The van der Waals surface area contributed by atoms with Gasteiger partial charge in [-0.25, -0.2) is 9.97 Å². The molecule has 1 aromatic carbocycles. The van der Waals surface area contributed by atoms with Gasteiger partial charge in [0.2, 0.25) is 0 Å². The number of hydrogen-bond donors (Lipinski definition) is 1. The van der Waals surface area contributed by atoms with E-state index in [1.165, 1.54) is 6.33 Å². The van der Waals surface area contributed by atoms with Crippen LogP contribution in [0.5, 0.6) is 0 Å². The summed E-state index contributed by atoms with van der Waals surface area (Å²) in [7, 11) is 0. The molecule has 68 valence electrons. The summed E-state index contributed by atoms with van der Waals surface area (Å²) in [5, 5.41) is 3.82. The molecule has 1 N–H and O–H groups in total. The maximum absolute atomic E-state index is 11.6. The molecular formula is C10H7N3O. The van der Waals surface area contributed by atoms with Crippen molar-refractivity contribution < 1.29 is 4.79 Å². The van der Waals surface area contributed by atoms with Crippen LogP contribution in [0.25, 0.3) is 10.9 Å². The average Bonchev–Trinajstić information content (AvgIpc) is 2.24. The SMILES string of the molecule is O=C1CNc2ncnc3cccc1c23. The quantitative estimate of drug-likeness (QED) is 0.670.